The van der Waals surface area contributed by atoms with Gasteiger partial charge in [-0.2, -0.15) is 5.10 Å². The summed E-state index contributed by atoms with van der Waals surface area (Å²) in [6.45, 7) is 0.577. The minimum absolute atomic E-state index is 0.131. The lowest BCUT2D eigenvalue weighted by Crippen LogP contribution is -2.24. The first-order chi connectivity index (χ1) is 8.24. The van der Waals surface area contributed by atoms with E-state index in [1.165, 1.54) is 10.9 Å². The lowest BCUT2D eigenvalue weighted by molar-refractivity contribution is 0.507. The fourth-order valence-electron chi connectivity index (χ4n) is 1.66. The summed E-state index contributed by atoms with van der Waals surface area (Å²) in [6.07, 6.45) is 4.36. The van der Waals surface area contributed by atoms with E-state index in [-0.39, 0.29) is 5.56 Å². The Morgan fingerprint density at radius 1 is 1.35 bits per heavy atom. The first kappa shape index (κ1) is 12.0. The van der Waals surface area contributed by atoms with Crippen molar-refractivity contribution in [1.29, 1.82) is 0 Å². The molecule has 17 heavy (non-hydrogen) atoms. The van der Waals surface area contributed by atoms with Crippen LogP contribution < -0.4 is 5.56 Å². The Kier molecular flexibility index (Phi) is 3.73. The van der Waals surface area contributed by atoms with E-state index in [1.54, 1.807) is 11.7 Å². The molecule has 0 saturated carbocycles. The third-order valence-electron chi connectivity index (χ3n) is 2.62. The van der Waals surface area contributed by atoms with Gasteiger partial charge in [0.15, 0.2) is 5.65 Å². The molecule has 0 aliphatic heterocycles. The number of rotatable bonds is 5. The summed E-state index contributed by atoms with van der Waals surface area (Å²) in [6, 6.07) is 0. The second-order valence-corrected chi connectivity index (χ2v) is 4.25. The quantitative estimate of drug-likeness (QED) is 0.589. The Balaban J connectivity index is 2.18. The zero-order valence-corrected chi connectivity index (χ0v) is 10.4. The van der Waals surface area contributed by atoms with E-state index in [0.717, 1.165) is 19.3 Å². The molecule has 0 radical (unpaired) electrons. The maximum atomic E-state index is 12.0. The van der Waals surface area contributed by atoms with Gasteiger partial charge >= 0.3 is 0 Å². The van der Waals surface area contributed by atoms with E-state index < -0.39 is 0 Å². The molecule has 0 amide bonds. The van der Waals surface area contributed by atoms with Crippen LogP contribution >= 0.6 is 11.6 Å². The SMILES string of the molecule is Cn1ncc2c(=O)n(CCCCCCl)nnc21. The van der Waals surface area contributed by atoms with Gasteiger partial charge in [0.05, 0.1) is 6.20 Å². The molecular weight excluding hydrogens is 242 g/mol. The van der Waals surface area contributed by atoms with Crippen molar-refractivity contribution in [3.63, 3.8) is 0 Å². The number of halogens is 1. The maximum absolute atomic E-state index is 12.0. The van der Waals surface area contributed by atoms with Crippen LogP contribution in [0.4, 0.5) is 0 Å². The number of hydrogen-bond acceptors (Lipinski definition) is 4. The molecule has 0 saturated heterocycles. The summed E-state index contributed by atoms with van der Waals surface area (Å²) >= 11 is 5.59. The van der Waals surface area contributed by atoms with Gasteiger partial charge in [0.2, 0.25) is 0 Å². The van der Waals surface area contributed by atoms with Crippen molar-refractivity contribution in [3.05, 3.63) is 16.6 Å². The predicted octanol–water partition coefficient (Wildman–Crippen LogP) is 0.934. The number of aryl methyl sites for hydroxylation is 2. The molecule has 0 N–H and O–H groups in total. The number of alkyl halides is 1. The molecule has 0 aliphatic carbocycles. The average Bonchev–Trinajstić information content (AvgIpc) is 2.70. The molecule has 0 unspecified atom stereocenters. The molecule has 0 aliphatic rings. The molecule has 7 heteroatoms. The van der Waals surface area contributed by atoms with Crippen molar-refractivity contribution >= 4 is 22.6 Å². The van der Waals surface area contributed by atoms with Crippen LogP contribution in [0.15, 0.2) is 11.0 Å². The van der Waals surface area contributed by atoms with Gasteiger partial charge in [-0.1, -0.05) is 11.6 Å². The van der Waals surface area contributed by atoms with Crippen LogP contribution in [-0.2, 0) is 13.6 Å². The van der Waals surface area contributed by atoms with E-state index in [0.29, 0.717) is 23.5 Å². The largest absolute Gasteiger partial charge is 0.280 e. The summed E-state index contributed by atoms with van der Waals surface area (Å²) in [5.74, 6) is 0.655. The van der Waals surface area contributed by atoms with Crippen LogP contribution in [0.1, 0.15) is 19.3 Å². The molecule has 2 aromatic rings. The van der Waals surface area contributed by atoms with E-state index in [4.69, 9.17) is 11.6 Å². The standard InChI is InChI=1S/C10H14ClN5O/c1-15-9-8(7-12-15)10(17)16(14-13-9)6-4-2-3-5-11/h7H,2-6H2,1H3. The van der Waals surface area contributed by atoms with Crippen LogP contribution in [0.25, 0.3) is 11.0 Å². The molecule has 92 valence electrons. The summed E-state index contributed by atoms with van der Waals surface area (Å²) < 4.78 is 2.93. The fraction of sp³-hybridized carbons (Fsp3) is 0.600. The van der Waals surface area contributed by atoms with Gasteiger partial charge in [-0.15, -0.1) is 16.7 Å². The van der Waals surface area contributed by atoms with Gasteiger partial charge in [-0.05, 0) is 12.8 Å². The summed E-state index contributed by atoms with van der Waals surface area (Å²) in [5, 5.41) is 12.4. The Labute approximate surface area is 103 Å². The molecule has 2 rings (SSSR count). The molecule has 0 fully saturated rings. The number of fused-ring (bicyclic) bond motifs is 1. The molecule has 2 heterocycles. The second-order valence-electron chi connectivity index (χ2n) is 3.87. The van der Waals surface area contributed by atoms with Crippen molar-refractivity contribution in [2.75, 3.05) is 5.88 Å². The van der Waals surface area contributed by atoms with Crippen molar-refractivity contribution in [3.8, 4) is 0 Å². The molecular formula is C10H14ClN5O. The lowest BCUT2D eigenvalue weighted by Gasteiger charge is -2.02. The van der Waals surface area contributed by atoms with Crippen LogP contribution in [0.3, 0.4) is 0 Å². The third kappa shape index (κ3) is 2.46. The van der Waals surface area contributed by atoms with Crippen LogP contribution in [0.5, 0.6) is 0 Å². The monoisotopic (exact) mass is 255 g/mol. The number of aromatic nitrogens is 5. The summed E-state index contributed by atoms with van der Waals surface area (Å²) in [4.78, 5) is 12.0. The number of unbranched alkanes of at least 4 members (excludes halogenated alkanes) is 2. The average molecular weight is 256 g/mol. The first-order valence-corrected chi connectivity index (χ1v) is 6.09. The number of nitrogens with zero attached hydrogens (tertiary/aromatic N) is 5. The molecule has 6 nitrogen and oxygen atoms in total. The topological polar surface area (TPSA) is 65.6 Å². The highest BCUT2D eigenvalue weighted by Crippen LogP contribution is 2.03. The van der Waals surface area contributed by atoms with E-state index in [1.807, 2.05) is 0 Å². The highest BCUT2D eigenvalue weighted by atomic mass is 35.5. The van der Waals surface area contributed by atoms with Crippen LogP contribution in [0, 0.1) is 0 Å². The zero-order chi connectivity index (χ0) is 12.3. The van der Waals surface area contributed by atoms with Gasteiger partial charge < -0.3 is 0 Å². The maximum Gasteiger partial charge on any atom is 0.280 e. The minimum atomic E-state index is -0.131. The lowest BCUT2D eigenvalue weighted by atomic mass is 10.2. The van der Waals surface area contributed by atoms with E-state index >= 15 is 0 Å². The van der Waals surface area contributed by atoms with Gasteiger partial charge in [0.1, 0.15) is 5.39 Å². The molecule has 0 bridgehead atoms. The Morgan fingerprint density at radius 3 is 2.94 bits per heavy atom. The van der Waals surface area contributed by atoms with Gasteiger partial charge in [-0.25, -0.2) is 9.36 Å². The molecule has 0 atom stereocenters. The molecule has 0 spiro atoms. The van der Waals surface area contributed by atoms with Crippen LogP contribution in [-0.4, -0.2) is 30.7 Å². The second kappa shape index (κ2) is 5.27. The summed E-state index contributed by atoms with van der Waals surface area (Å²) in [5.41, 5.74) is 0.390. The Bertz CT molecular complexity index is 561. The Hall–Kier alpha value is -1.43. The smallest absolute Gasteiger partial charge is 0.267 e. The highest BCUT2D eigenvalue weighted by Gasteiger charge is 2.08. The Morgan fingerprint density at radius 2 is 2.18 bits per heavy atom. The molecule has 0 aromatic carbocycles. The van der Waals surface area contributed by atoms with Crippen molar-refractivity contribution in [2.24, 2.45) is 7.05 Å². The van der Waals surface area contributed by atoms with E-state index in [9.17, 15) is 4.79 Å². The van der Waals surface area contributed by atoms with Gasteiger partial charge in [0.25, 0.3) is 5.56 Å². The predicted molar refractivity (Wildman–Crippen MR) is 65.1 cm³/mol. The van der Waals surface area contributed by atoms with Gasteiger partial charge in [0, 0.05) is 19.5 Å². The zero-order valence-electron chi connectivity index (χ0n) is 9.64. The van der Waals surface area contributed by atoms with Crippen molar-refractivity contribution < 1.29 is 0 Å². The highest BCUT2D eigenvalue weighted by molar-refractivity contribution is 6.17. The van der Waals surface area contributed by atoms with Crippen LogP contribution in [0.2, 0.25) is 0 Å². The normalized spacial score (nSPS) is 11.2. The fourth-order valence-corrected chi connectivity index (χ4v) is 1.84. The number of hydrogen-bond donors (Lipinski definition) is 0. The minimum Gasteiger partial charge on any atom is -0.267 e. The van der Waals surface area contributed by atoms with Gasteiger partial charge in [-0.3, -0.25) is 4.79 Å². The van der Waals surface area contributed by atoms with E-state index in [2.05, 4.69) is 15.4 Å². The first-order valence-electron chi connectivity index (χ1n) is 5.55. The molecule has 2 aromatic heterocycles. The third-order valence-corrected chi connectivity index (χ3v) is 2.89. The summed E-state index contributed by atoms with van der Waals surface area (Å²) in [7, 11) is 1.74. The van der Waals surface area contributed by atoms with Crippen molar-refractivity contribution in [1.82, 2.24) is 24.8 Å². The van der Waals surface area contributed by atoms with Crippen molar-refractivity contribution in [2.45, 2.75) is 25.8 Å².